The highest BCUT2D eigenvalue weighted by atomic mass is 35.5. The minimum Gasteiger partial charge on any atom is -0.216 e. The number of rotatable bonds is 2. The molecule has 0 aliphatic heterocycles. The largest absolute Gasteiger partial charge is 0.216 e. The average Bonchev–Trinajstić information content (AvgIpc) is 3.22. The summed E-state index contributed by atoms with van der Waals surface area (Å²) in [6.07, 6.45) is 1.89. The molecule has 0 spiro atoms. The Morgan fingerprint density at radius 3 is 2.70 bits per heavy atom. The highest BCUT2D eigenvalue weighted by molar-refractivity contribution is 7.19. The van der Waals surface area contributed by atoms with Crippen LogP contribution in [0.4, 0.5) is 0 Å². The van der Waals surface area contributed by atoms with E-state index in [0.717, 1.165) is 43.4 Å². The first-order chi connectivity index (χ1) is 13.1. The van der Waals surface area contributed by atoms with Gasteiger partial charge < -0.3 is 0 Å². The highest BCUT2D eigenvalue weighted by Gasteiger charge is 2.16. The SMILES string of the molecule is Cc1ccc2nnc(-c3cn4nc(-c5ccccc5Cl)sc4n3)c(C)c2c1. The van der Waals surface area contributed by atoms with Gasteiger partial charge in [0.25, 0.3) is 0 Å². The van der Waals surface area contributed by atoms with E-state index < -0.39 is 0 Å². The van der Waals surface area contributed by atoms with Crippen LogP contribution in [-0.4, -0.2) is 24.8 Å². The van der Waals surface area contributed by atoms with Crippen LogP contribution in [0.5, 0.6) is 0 Å². The molecule has 0 unspecified atom stereocenters. The summed E-state index contributed by atoms with van der Waals surface area (Å²) in [5, 5.41) is 16.0. The summed E-state index contributed by atoms with van der Waals surface area (Å²) in [5.41, 5.74) is 5.62. The predicted octanol–water partition coefficient (Wildman–Crippen LogP) is 5.34. The van der Waals surface area contributed by atoms with Crippen molar-refractivity contribution in [1.29, 1.82) is 0 Å². The molecule has 0 N–H and O–H groups in total. The van der Waals surface area contributed by atoms with Gasteiger partial charge in [0.2, 0.25) is 4.96 Å². The molecule has 0 saturated carbocycles. The van der Waals surface area contributed by atoms with Gasteiger partial charge in [-0.15, -0.1) is 10.2 Å². The van der Waals surface area contributed by atoms with E-state index in [4.69, 9.17) is 16.6 Å². The zero-order valence-corrected chi connectivity index (χ0v) is 16.2. The summed E-state index contributed by atoms with van der Waals surface area (Å²) in [6, 6.07) is 13.9. The molecule has 0 aliphatic rings. The van der Waals surface area contributed by atoms with E-state index in [1.165, 1.54) is 16.9 Å². The van der Waals surface area contributed by atoms with Crippen molar-refractivity contribution in [3.05, 3.63) is 64.8 Å². The smallest absolute Gasteiger partial charge is 0.213 e. The van der Waals surface area contributed by atoms with E-state index in [1.807, 2.05) is 42.6 Å². The van der Waals surface area contributed by atoms with Crippen LogP contribution in [0.15, 0.2) is 48.7 Å². The number of nitrogens with zero attached hydrogens (tertiary/aromatic N) is 5. The second kappa shape index (κ2) is 6.11. The van der Waals surface area contributed by atoms with Crippen molar-refractivity contribution in [1.82, 2.24) is 24.8 Å². The van der Waals surface area contributed by atoms with Gasteiger partial charge in [0.05, 0.1) is 16.7 Å². The van der Waals surface area contributed by atoms with Crippen molar-refractivity contribution in [2.24, 2.45) is 0 Å². The van der Waals surface area contributed by atoms with Gasteiger partial charge in [-0.05, 0) is 37.6 Å². The van der Waals surface area contributed by atoms with Gasteiger partial charge in [-0.1, -0.05) is 52.8 Å². The second-order valence-corrected chi connectivity index (χ2v) is 7.80. The van der Waals surface area contributed by atoms with Crippen molar-refractivity contribution in [3.8, 4) is 22.0 Å². The molecule has 3 heterocycles. The van der Waals surface area contributed by atoms with Crippen molar-refractivity contribution in [2.45, 2.75) is 13.8 Å². The lowest BCUT2D eigenvalue weighted by molar-refractivity contribution is 0.977. The number of aryl methyl sites for hydroxylation is 2. The maximum atomic E-state index is 6.29. The van der Waals surface area contributed by atoms with Gasteiger partial charge in [-0.3, -0.25) is 0 Å². The van der Waals surface area contributed by atoms with Crippen LogP contribution in [0.1, 0.15) is 11.1 Å². The highest BCUT2D eigenvalue weighted by Crippen LogP contribution is 2.33. The Labute approximate surface area is 164 Å². The van der Waals surface area contributed by atoms with E-state index in [1.54, 1.807) is 4.52 Å². The molecule has 0 radical (unpaired) electrons. The van der Waals surface area contributed by atoms with Gasteiger partial charge in [0, 0.05) is 10.9 Å². The normalized spacial score (nSPS) is 11.5. The first kappa shape index (κ1) is 16.4. The second-order valence-electron chi connectivity index (χ2n) is 6.43. The van der Waals surface area contributed by atoms with Gasteiger partial charge in [-0.25, -0.2) is 9.50 Å². The fourth-order valence-electron chi connectivity index (χ4n) is 3.14. The number of fused-ring (bicyclic) bond motifs is 2. The Hall–Kier alpha value is -2.83. The van der Waals surface area contributed by atoms with E-state index >= 15 is 0 Å². The Morgan fingerprint density at radius 1 is 1.04 bits per heavy atom. The van der Waals surface area contributed by atoms with E-state index in [0.29, 0.717) is 5.02 Å². The third-order valence-corrected chi connectivity index (χ3v) is 5.84. The summed E-state index contributed by atoms with van der Waals surface area (Å²) in [4.78, 5) is 5.52. The zero-order chi connectivity index (χ0) is 18.5. The Kier molecular flexibility index (Phi) is 3.70. The number of imidazole rings is 1. The molecule has 5 rings (SSSR count). The zero-order valence-electron chi connectivity index (χ0n) is 14.6. The molecule has 0 saturated heterocycles. The monoisotopic (exact) mass is 391 g/mol. The fourth-order valence-corrected chi connectivity index (χ4v) is 4.35. The lowest BCUT2D eigenvalue weighted by Crippen LogP contribution is -1.95. The molecule has 5 nitrogen and oxygen atoms in total. The summed E-state index contributed by atoms with van der Waals surface area (Å²) in [6.45, 7) is 4.13. The summed E-state index contributed by atoms with van der Waals surface area (Å²) in [7, 11) is 0. The van der Waals surface area contributed by atoms with Crippen molar-refractivity contribution in [2.75, 3.05) is 0 Å². The number of hydrogen-bond acceptors (Lipinski definition) is 5. The van der Waals surface area contributed by atoms with Crippen LogP contribution in [0.25, 0.3) is 37.8 Å². The maximum Gasteiger partial charge on any atom is 0.213 e. The van der Waals surface area contributed by atoms with Crippen molar-refractivity contribution >= 4 is 38.8 Å². The van der Waals surface area contributed by atoms with Gasteiger partial charge in [-0.2, -0.15) is 5.10 Å². The fraction of sp³-hybridized carbons (Fsp3) is 0.100. The number of hydrogen-bond donors (Lipinski definition) is 0. The van der Waals surface area contributed by atoms with Gasteiger partial charge >= 0.3 is 0 Å². The predicted molar refractivity (Wildman–Crippen MR) is 109 cm³/mol. The Morgan fingerprint density at radius 2 is 1.89 bits per heavy atom. The quantitative estimate of drug-likeness (QED) is 0.407. The third kappa shape index (κ3) is 2.69. The third-order valence-electron chi connectivity index (χ3n) is 4.56. The molecule has 27 heavy (non-hydrogen) atoms. The molecule has 2 aromatic carbocycles. The molecular weight excluding hydrogens is 378 g/mol. The van der Waals surface area contributed by atoms with Crippen LogP contribution in [0.3, 0.4) is 0 Å². The Bertz CT molecular complexity index is 1290. The van der Waals surface area contributed by atoms with Gasteiger partial charge in [0.1, 0.15) is 16.4 Å². The van der Waals surface area contributed by atoms with Crippen LogP contribution in [0, 0.1) is 13.8 Å². The topological polar surface area (TPSA) is 56.0 Å². The maximum absolute atomic E-state index is 6.29. The first-order valence-corrected chi connectivity index (χ1v) is 9.65. The molecule has 0 aliphatic carbocycles. The molecule has 3 aromatic heterocycles. The number of benzene rings is 2. The van der Waals surface area contributed by atoms with Crippen LogP contribution in [-0.2, 0) is 0 Å². The summed E-state index contributed by atoms with van der Waals surface area (Å²) in [5.74, 6) is 0. The molecule has 0 bridgehead atoms. The van der Waals surface area contributed by atoms with Crippen LogP contribution < -0.4 is 0 Å². The summed E-state index contributed by atoms with van der Waals surface area (Å²) < 4.78 is 1.78. The lowest BCUT2D eigenvalue weighted by Gasteiger charge is -2.06. The molecule has 7 heteroatoms. The summed E-state index contributed by atoms with van der Waals surface area (Å²) >= 11 is 7.79. The van der Waals surface area contributed by atoms with Crippen molar-refractivity contribution in [3.63, 3.8) is 0 Å². The molecule has 5 aromatic rings. The van der Waals surface area contributed by atoms with Crippen LogP contribution >= 0.6 is 22.9 Å². The van der Waals surface area contributed by atoms with Crippen molar-refractivity contribution < 1.29 is 0 Å². The lowest BCUT2D eigenvalue weighted by atomic mass is 10.1. The van der Waals surface area contributed by atoms with E-state index in [-0.39, 0.29) is 0 Å². The molecule has 0 amide bonds. The Balaban J connectivity index is 1.62. The van der Waals surface area contributed by atoms with E-state index in [9.17, 15) is 0 Å². The standard InChI is InChI=1S/C20H14ClN5S/c1-11-7-8-16-14(9-11)12(2)18(24-23-16)17-10-26-20(22-17)27-19(25-26)13-5-3-4-6-15(13)21/h3-10H,1-2H3. The molecule has 0 atom stereocenters. The minimum atomic E-state index is 0.682. The van der Waals surface area contributed by atoms with Crippen LogP contribution in [0.2, 0.25) is 5.02 Å². The first-order valence-electron chi connectivity index (χ1n) is 8.45. The number of aromatic nitrogens is 5. The van der Waals surface area contributed by atoms with Gasteiger partial charge in [0.15, 0.2) is 0 Å². The number of halogens is 1. The molecular formula is C20H14ClN5S. The molecule has 132 valence electrons. The molecule has 0 fully saturated rings. The van der Waals surface area contributed by atoms with E-state index in [2.05, 4.69) is 35.2 Å². The average molecular weight is 392 g/mol. The minimum absolute atomic E-state index is 0.682.